The van der Waals surface area contributed by atoms with Crippen LogP contribution in [0, 0.1) is 6.92 Å². The summed E-state index contributed by atoms with van der Waals surface area (Å²) in [6.45, 7) is 9.63. The van der Waals surface area contributed by atoms with Crippen molar-refractivity contribution in [3.05, 3.63) is 18.0 Å². The second-order valence-corrected chi connectivity index (χ2v) is 5.68. The van der Waals surface area contributed by atoms with Crippen molar-refractivity contribution >= 4 is 29.9 Å². The van der Waals surface area contributed by atoms with Gasteiger partial charge in [0, 0.05) is 39.0 Å². The maximum atomic E-state index is 5.74. The molecule has 1 atom stereocenters. The van der Waals surface area contributed by atoms with Crippen LogP contribution in [-0.4, -0.2) is 61.3 Å². The molecule has 0 aliphatic carbocycles. The zero-order valence-electron chi connectivity index (χ0n) is 14.7. The fourth-order valence-electron chi connectivity index (χ4n) is 2.37. The van der Waals surface area contributed by atoms with E-state index in [1.165, 1.54) is 5.56 Å². The summed E-state index contributed by atoms with van der Waals surface area (Å²) < 4.78 is 13.0. The Morgan fingerprint density at radius 1 is 1.50 bits per heavy atom. The van der Waals surface area contributed by atoms with Crippen LogP contribution < -0.4 is 10.6 Å². The molecule has 0 amide bonds. The minimum atomic E-state index is 0. The third kappa shape index (κ3) is 8.29. The smallest absolute Gasteiger partial charge is 0.191 e. The van der Waals surface area contributed by atoms with Crippen molar-refractivity contribution in [3.63, 3.8) is 0 Å². The van der Waals surface area contributed by atoms with Gasteiger partial charge in [0.2, 0.25) is 0 Å². The van der Waals surface area contributed by atoms with Crippen LogP contribution in [0.3, 0.4) is 0 Å². The van der Waals surface area contributed by atoms with E-state index in [4.69, 9.17) is 9.47 Å². The first-order valence-corrected chi connectivity index (χ1v) is 8.48. The van der Waals surface area contributed by atoms with Crippen LogP contribution in [-0.2, 0) is 16.0 Å². The maximum absolute atomic E-state index is 5.74. The number of halogens is 1. The molecule has 1 aromatic heterocycles. The van der Waals surface area contributed by atoms with Gasteiger partial charge < -0.3 is 20.1 Å². The average Bonchev–Trinajstić information content (AvgIpc) is 3.19. The normalized spacial score (nSPS) is 17.6. The molecule has 138 valence electrons. The Morgan fingerprint density at radius 2 is 2.38 bits per heavy atom. The second kappa shape index (κ2) is 12.5. The third-order valence-corrected chi connectivity index (χ3v) is 3.55. The van der Waals surface area contributed by atoms with Crippen molar-refractivity contribution in [1.82, 2.24) is 20.4 Å². The van der Waals surface area contributed by atoms with E-state index in [2.05, 4.69) is 27.6 Å². The van der Waals surface area contributed by atoms with Gasteiger partial charge in [-0.3, -0.25) is 9.67 Å². The van der Waals surface area contributed by atoms with Crippen LogP contribution in [0.5, 0.6) is 0 Å². The van der Waals surface area contributed by atoms with Gasteiger partial charge in [0.15, 0.2) is 5.96 Å². The first-order chi connectivity index (χ1) is 11.3. The molecule has 0 radical (unpaired) electrons. The molecule has 1 saturated heterocycles. The number of aliphatic imine (C=N–C) groups is 1. The lowest BCUT2D eigenvalue weighted by Gasteiger charge is -2.12. The van der Waals surface area contributed by atoms with E-state index in [9.17, 15) is 0 Å². The minimum absolute atomic E-state index is 0. The van der Waals surface area contributed by atoms with Gasteiger partial charge in [0.25, 0.3) is 0 Å². The summed E-state index contributed by atoms with van der Waals surface area (Å²) in [6.07, 6.45) is 6.12. The van der Waals surface area contributed by atoms with E-state index in [1.807, 2.05) is 24.0 Å². The molecule has 2 heterocycles. The quantitative estimate of drug-likeness (QED) is 0.258. The Labute approximate surface area is 161 Å². The van der Waals surface area contributed by atoms with Crippen LogP contribution in [0.2, 0.25) is 0 Å². The molecule has 2 rings (SSSR count). The Balaban J connectivity index is 0.00000288. The molecule has 1 aromatic rings. The van der Waals surface area contributed by atoms with Gasteiger partial charge in [-0.05, 0) is 32.3 Å². The molecular weight excluding hydrogens is 421 g/mol. The van der Waals surface area contributed by atoms with Gasteiger partial charge in [0.1, 0.15) is 0 Å². The van der Waals surface area contributed by atoms with Gasteiger partial charge in [-0.2, -0.15) is 5.10 Å². The molecule has 1 unspecified atom stereocenters. The number of hydrogen-bond acceptors (Lipinski definition) is 4. The zero-order valence-corrected chi connectivity index (χ0v) is 17.0. The highest BCUT2D eigenvalue weighted by atomic mass is 127. The van der Waals surface area contributed by atoms with E-state index in [0.717, 1.165) is 64.8 Å². The van der Waals surface area contributed by atoms with E-state index >= 15 is 0 Å². The third-order valence-electron chi connectivity index (χ3n) is 3.55. The molecule has 24 heavy (non-hydrogen) atoms. The molecule has 8 heteroatoms. The van der Waals surface area contributed by atoms with Gasteiger partial charge >= 0.3 is 0 Å². The summed E-state index contributed by atoms with van der Waals surface area (Å²) in [5, 5.41) is 10.9. The van der Waals surface area contributed by atoms with E-state index in [-0.39, 0.29) is 30.1 Å². The van der Waals surface area contributed by atoms with Crippen LogP contribution >= 0.6 is 24.0 Å². The lowest BCUT2D eigenvalue weighted by molar-refractivity contribution is 0.0424. The highest BCUT2D eigenvalue weighted by Gasteiger charge is 2.15. The second-order valence-electron chi connectivity index (χ2n) is 5.68. The largest absolute Gasteiger partial charge is 0.379 e. The average molecular weight is 451 g/mol. The Kier molecular flexibility index (Phi) is 11.0. The van der Waals surface area contributed by atoms with Gasteiger partial charge in [-0.15, -0.1) is 24.0 Å². The van der Waals surface area contributed by atoms with Crippen molar-refractivity contribution < 1.29 is 9.47 Å². The number of ether oxygens (including phenoxy) is 2. The van der Waals surface area contributed by atoms with Crippen LogP contribution in [0.1, 0.15) is 25.3 Å². The summed E-state index contributed by atoms with van der Waals surface area (Å²) in [4.78, 5) is 4.57. The topological polar surface area (TPSA) is 72.7 Å². The SMILES string of the molecule is CCNC(=NCCCOC1CCOC1)NCCn1cc(C)cn1.I. The lowest BCUT2D eigenvalue weighted by atomic mass is 10.3. The van der Waals surface area contributed by atoms with Gasteiger partial charge in [-0.1, -0.05) is 0 Å². The van der Waals surface area contributed by atoms with Crippen LogP contribution in [0.4, 0.5) is 0 Å². The minimum Gasteiger partial charge on any atom is -0.379 e. The molecule has 1 aliphatic heterocycles. The first kappa shape index (κ1) is 21.2. The maximum Gasteiger partial charge on any atom is 0.191 e. The number of nitrogens with one attached hydrogen (secondary N) is 2. The fraction of sp³-hybridized carbons (Fsp3) is 0.750. The van der Waals surface area contributed by atoms with Crippen molar-refractivity contribution in [2.75, 3.05) is 39.5 Å². The standard InChI is InChI=1S/C16H29N5O2.HI/c1-3-17-16(19-7-8-21-12-14(2)11-20-21)18-6-4-9-23-15-5-10-22-13-15;/h11-12,15H,3-10,13H2,1-2H3,(H2,17,18,19);1H. The molecule has 0 spiro atoms. The summed E-state index contributed by atoms with van der Waals surface area (Å²) in [6, 6.07) is 0. The molecule has 1 fully saturated rings. The van der Waals surface area contributed by atoms with Crippen molar-refractivity contribution in [3.8, 4) is 0 Å². The van der Waals surface area contributed by atoms with Crippen molar-refractivity contribution in [2.24, 2.45) is 4.99 Å². The monoisotopic (exact) mass is 451 g/mol. The number of nitrogens with zero attached hydrogens (tertiary/aromatic N) is 3. The summed E-state index contributed by atoms with van der Waals surface area (Å²) >= 11 is 0. The van der Waals surface area contributed by atoms with Crippen LogP contribution in [0.15, 0.2) is 17.4 Å². The predicted octanol–water partition coefficient (Wildman–Crippen LogP) is 1.56. The van der Waals surface area contributed by atoms with Crippen LogP contribution in [0.25, 0.3) is 0 Å². The number of hydrogen-bond donors (Lipinski definition) is 2. The molecule has 2 N–H and O–H groups in total. The zero-order chi connectivity index (χ0) is 16.3. The molecule has 1 aliphatic rings. The van der Waals surface area contributed by atoms with Crippen molar-refractivity contribution in [2.45, 2.75) is 39.3 Å². The summed E-state index contributed by atoms with van der Waals surface area (Å²) in [7, 11) is 0. The number of aryl methyl sites for hydroxylation is 1. The fourth-order valence-corrected chi connectivity index (χ4v) is 2.37. The van der Waals surface area contributed by atoms with Gasteiger partial charge in [0.05, 0.1) is 25.5 Å². The van der Waals surface area contributed by atoms with E-state index in [1.54, 1.807) is 0 Å². The highest BCUT2D eigenvalue weighted by molar-refractivity contribution is 14.0. The van der Waals surface area contributed by atoms with E-state index in [0.29, 0.717) is 0 Å². The molecule has 0 saturated carbocycles. The highest BCUT2D eigenvalue weighted by Crippen LogP contribution is 2.08. The predicted molar refractivity (Wildman–Crippen MR) is 106 cm³/mol. The molecule has 0 aromatic carbocycles. The molecule has 7 nitrogen and oxygen atoms in total. The number of guanidine groups is 1. The Bertz CT molecular complexity index is 475. The van der Waals surface area contributed by atoms with E-state index < -0.39 is 0 Å². The Morgan fingerprint density at radius 3 is 3.04 bits per heavy atom. The van der Waals surface area contributed by atoms with Gasteiger partial charge in [-0.25, -0.2) is 0 Å². The first-order valence-electron chi connectivity index (χ1n) is 8.48. The number of rotatable bonds is 9. The Hall–Kier alpha value is -0.870. The number of aromatic nitrogens is 2. The molecular formula is C16H30IN5O2. The van der Waals surface area contributed by atoms with Crippen molar-refractivity contribution in [1.29, 1.82) is 0 Å². The lowest BCUT2D eigenvalue weighted by Crippen LogP contribution is -2.39. The summed E-state index contributed by atoms with van der Waals surface area (Å²) in [5.41, 5.74) is 1.18. The summed E-state index contributed by atoms with van der Waals surface area (Å²) in [5.74, 6) is 0.848. The molecule has 0 bridgehead atoms.